The molecule has 2 aliphatic rings. The van der Waals surface area contributed by atoms with E-state index in [4.69, 9.17) is 37.9 Å². The SMILES string of the molecule is C1CCCCCCC1.C1CCCCCCC1.COc1cc(C)c(-c2cc(-c3c(C)cc(OC)cc3C)c3ccc4c(-c5c(C)cc(OC)cc5C)cc(-c5c(C)cc(OC)cc5C)c5ccc2c3c54)c(C)c1.COc1cc(C)c(-c2cc(-c3c(C)cc(OC)cc3C)c3ccc4c(-c5c(C)cc(OC)cc5C)cc(-c5c(C)cc(OC)cc5C)c5ccc2c3c54)c(C)c1.c1ccc2cc3ccccc3cc2c1. The van der Waals surface area contributed by atoms with Crippen molar-refractivity contribution in [2.45, 2.75) is 214 Å². The number of methoxy groups -OCH3 is 8. The average molecular weight is 1880 g/mol. The molecule has 142 heavy (non-hydrogen) atoms. The first-order valence-corrected chi connectivity index (χ1v) is 51.4. The Labute approximate surface area is 843 Å². The summed E-state index contributed by atoms with van der Waals surface area (Å²) in [6.45, 7) is 35.2. The Morgan fingerprint density at radius 1 is 0.134 bits per heavy atom. The van der Waals surface area contributed by atoms with E-state index >= 15 is 0 Å². The first-order valence-electron chi connectivity index (χ1n) is 51.4. The van der Waals surface area contributed by atoms with Crippen molar-refractivity contribution in [1.82, 2.24) is 0 Å². The van der Waals surface area contributed by atoms with E-state index in [0.717, 1.165) is 46.0 Å². The quantitative estimate of drug-likeness (QED) is 0.0700. The van der Waals surface area contributed by atoms with E-state index in [0.29, 0.717) is 0 Å². The molecule has 0 radical (unpaired) electrons. The van der Waals surface area contributed by atoms with Crippen molar-refractivity contribution in [1.29, 1.82) is 0 Å². The lowest BCUT2D eigenvalue weighted by atomic mass is 9.79. The van der Waals surface area contributed by atoms with Gasteiger partial charge in [0.25, 0.3) is 0 Å². The Morgan fingerprint density at radius 3 is 0.338 bits per heavy atom. The molecule has 0 unspecified atom stereocenters. The van der Waals surface area contributed by atoms with Crippen molar-refractivity contribution in [3.8, 4) is 135 Å². The standard InChI is InChI=1S/2C52H50O4.C14H10.2C8H16/c2*1-27-17-35(53-9)18-28(2)47(27)43-25-44(48-29(3)19-36(54-10)20-30(48)4)40-15-16-42-46(50-33(7)23-38(56-12)24-34(50)8)26-45(41-14-13-39(43)51(40)52(41)42)49-31(5)21-37(55-11)22-32(49)6;1-2-6-12-10-14-8-4-3-7-13(14)9-11(12)5-1;2*1-2-4-6-8-7-5-3-1/h2*13-26H,1-12H3;1-10H;2*1-8H2. The fourth-order valence-corrected chi connectivity index (χ4v) is 24.1. The van der Waals surface area contributed by atoms with E-state index in [2.05, 4.69) is 341 Å². The smallest absolute Gasteiger partial charge is 0.119 e. The molecule has 0 heterocycles. The van der Waals surface area contributed by atoms with Crippen molar-refractivity contribution in [3.05, 3.63) is 320 Å². The number of benzene rings is 19. The molecule has 2 aliphatic carbocycles. The molecule has 0 spiro atoms. The molecule has 19 aromatic carbocycles. The Morgan fingerprint density at radius 2 is 0.239 bits per heavy atom. The first-order chi connectivity index (χ1) is 68.7. The second-order valence-electron chi connectivity index (χ2n) is 40.3. The van der Waals surface area contributed by atoms with Gasteiger partial charge in [0.2, 0.25) is 0 Å². The summed E-state index contributed by atoms with van der Waals surface area (Å²) in [7, 11) is 13.9. The van der Waals surface area contributed by atoms with Crippen LogP contribution in [0.5, 0.6) is 46.0 Å². The number of hydrogen-bond acceptors (Lipinski definition) is 8. The van der Waals surface area contributed by atoms with Crippen LogP contribution in [0.2, 0.25) is 0 Å². The van der Waals surface area contributed by atoms with Crippen molar-refractivity contribution in [3.63, 3.8) is 0 Å². The van der Waals surface area contributed by atoms with Gasteiger partial charge in [-0.2, -0.15) is 0 Å². The largest absolute Gasteiger partial charge is 0.497 e. The second-order valence-corrected chi connectivity index (χ2v) is 40.3. The second kappa shape index (κ2) is 43.3. The molecule has 8 nitrogen and oxygen atoms in total. The molecular formula is C134H142O8. The maximum Gasteiger partial charge on any atom is 0.119 e. The number of aryl methyl sites for hydroxylation is 16. The third kappa shape index (κ3) is 19.8. The molecule has 21 rings (SSSR count). The van der Waals surface area contributed by atoms with E-state index in [9.17, 15) is 0 Å². The van der Waals surface area contributed by atoms with E-state index in [-0.39, 0.29) is 0 Å². The Balaban J connectivity index is 0.000000150. The average Bonchev–Trinajstić information content (AvgIpc) is 0.702. The number of ether oxygens (including phenoxy) is 8. The molecule has 8 heteroatoms. The van der Waals surface area contributed by atoms with Crippen LogP contribution >= 0.6 is 0 Å². The van der Waals surface area contributed by atoms with Crippen LogP contribution in [0, 0.1) is 111 Å². The minimum Gasteiger partial charge on any atom is -0.497 e. The fraction of sp³-hybridized carbons (Fsp3) is 0.299. The van der Waals surface area contributed by atoms with Gasteiger partial charge in [-0.1, -0.05) is 200 Å². The lowest BCUT2D eigenvalue weighted by Crippen LogP contribution is -2.00. The van der Waals surface area contributed by atoms with Crippen LogP contribution in [0.3, 0.4) is 0 Å². The zero-order valence-electron chi connectivity index (χ0n) is 88.5. The molecule has 0 amide bonds. The molecule has 726 valence electrons. The summed E-state index contributed by atoms with van der Waals surface area (Å²) in [6, 6.07) is 84.6. The topological polar surface area (TPSA) is 73.8 Å². The molecule has 0 saturated heterocycles. The van der Waals surface area contributed by atoms with Crippen LogP contribution in [-0.2, 0) is 0 Å². The van der Waals surface area contributed by atoms with E-state index in [1.165, 1.54) is 367 Å². The summed E-state index contributed by atoms with van der Waals surface area (Å²) in [4.78, 5) is 0. The van der Waals surface area contributed by atoms with Gasteiger partial charge in [-0.25, -0.2) is 0 Å². The highest BCUT2D eigenvalue weighted by molar-refractivity contribution is 6.34. The lowest BCUT2D eigenvalue weighted by molar-refractivity contribution is 0.414. The van der Waals surface area contributed by atoms with Gasteiger partial charge in [0.05, 0.1) is 56.9 Å². The van der Waals surface area contributed by atoms with Crippen molar-refractivity contribution in [2.24, 2.45) is 0 Å². The van der Waals surface area contributed by atoms with Gasteiger partial charge in [-0.15, -0.1) is 0 Å². The van der Waals surface area contributed by atoms with Gasteiger partial charge in [-0.3, -0.25) is 0 Å². The molecule has 0 atom stereocenters. The van der Waals surface area contributed by atoms with Crippen LogP contribution in [0.15, 0.2) is 231 Å². The zero-order valence-corrected chi connectivity index (χ0v) is 88.5. The van der Waals surface area contributed by atoms with Crippen LogP contribution in [0.1, 0.15) is 192 Å². The van der Waals surface area contributed by atoms with E-state index in [1.807, 2.05) is 0 Å². The predicted molar refractivity (Wildman–Crippen MR) is 607 cm³/mol. The normalized spacial score (nSPS) is 12.9. The minimum atomic E-state index is 0.869. The predicted octanol–water partition coefficient (Wildman–Crippen LogP) is 37.7. The Bertz CT molecular complexity index is 6440. The van der Waals surface area contributed by atoms with Crippen LogP contribution < -0.4 is 37.9 Å². The molecule has 0 bridgehead atoms. The van der Waals surface area contributed by atoms with E-state index < -0.39 is 0 Å². The molecular weight excluding hydrogens is 1740 g/mol. The summed E-state index contributed by atoms with van der Waals surface area (Å²) in [5, 5.41) is 20.2. The third-order valence-corrected chi connectivity index (χ3v) is 30.5. The molecule has 2 saturated carbocycles. The summed E-state index contributed by atoms with van der Waals surface area (Å²) in [5.41, 5.74) is 38.5. The molecule has 0 aliphatic heterocycles. The van der Waals surface area contributed by atoms with Gasteiger partial charge >= 0.3 is 0 Å². The third-order valence-electron chi connectivity index (χ3n) is 30.5. The van der Waals surface area contributed by atoms with Crippen LogP contribution in [0.4, 0.5) is 0 Å². The van der Waals surface area contributed by atoms with Gasteiger partial charge in [0, 0.05) is 0 Å². The summed E-state index contributed by atoms with van der Waals surface area (Å²) >= 11 is 0. The Kier molecular flexibility index (Phi) is 30.4. The first kappa shape index (κ1) is 99.7. The highest BCUT2D eigenvalue weighted by Crippen LogP contribution is 2.56. The fourth-order valence-electron chi connectivity index (χ4n) is 24.1. The van der Waals surface area contributed by atoms with E-state index in [1.54, 1.807) is 56.9 Å². The number of fused-ring (bicyclic) bond motifs is 2. The lowest BCUT2D eigenvalue weighted by Gasteiger charge is -2.25. The van der Waals surface area contributed by atoms with Gasteiger partial charge in [0.1, 0.15) is 46.0 Å². The number of hydrogen-bond donors (Lipinski definition) is 0. The van der Waals surface area contributed by atoms with Crippen molar-refractivity contribution < 1.29 is 37.9 Å². The highest BCUT2D eigenvalue weighted by atomic mass is 16.5. The number of rotatable bonds is 16. The Hall–Kier alpha value is -13.8. The van der Waals surface area contributed by atoms with Crippen LogP contribution in [-0.4, -0.2) is 56.9 Å². The minimum absolute atomic E-state index is 0.869. The zero-order chi connectivity index (χ0) is 100. The van der Waals surface area contributed by atoms with Crippen molar-refractivity contribution in [2.75, 3.05) is 56.9 Å². The maximum atomic E-state index is 5.74. The molecule has 2 fully saturated rings. The molecule has 19 aromatic rings. The highest BCUT2D eigenvalue weighted by Gasteiger charge is 2.30. The van der Waals surface area contributed by atoms with Gasteiger partial charge in [0.15, 0.2) is 0 Å². The maximum absolute atomic E-state index is 5.74. The van der Waals surface area contributed by atoms with Crippen LogP contribution in [0.25, 0.3) is 175 Å². The monoisotopic (exact) mass is 1880 g/mol. The molecule has 0 aromatic heterocycles. The van der Waals surface area contributed by atoms with Gasteiger partial charge in [-0.05, 0) is 508 Å². The summed E-state index contributed by atoms with van der Waals surface area (Å²) in [5.74, 6) is 6.95. The molecule has 0 N–H and O–H groups in total. The summed E-state index contributed by atoms with van der Waals surface area (Å²) < 4.78 is 45.9. The van der Waals surface area contributed by atoms with Gasteiger partial charge < -0.3 is 37.9 Å². The summed E-state index contributed by atoms with van der Waals surface area (Å²) in [6.07, 6.45) is 24.0. The van der Waals surface area contributed by atoms with Crippen molar-refractivity contribution >= 4 is 86.2 Å².